The molecule has 0 aromatic carbocycles. The molecule has 0 spiro atoms. The van der Waals surface area contributed by atoms with Crippen molar-refractivity contribution in [3.05, 3.63) is 0 Å². The Labute approximate surface area is 89.7 Å². The Morgan fingerprint density at radius 2 is 1.93 bits per heavy atom. The van der Waals surface area contributed by atoms with E-state index in [1.54, 1.807) is 0 Å². The first-order chi connectivity index (χ1) is 6.83. The molecule has 2 unspecified atom stereocenters. The third-order valence-electron chi connectivity index (χ3n) is 3.98. The van der Waals surface area contributed by atoms with Crippen LogP contribution in [-0.4, -0.2) is 13.1 Å². The van der Waals surface area contributed by atoms with Gasteiger partial charge in [-0.05, 0) is 43.7 Å². The van der Waals surface area contributed by atoms with E-state index in [0.717, 1.165) is 17.8 Å². The van der Waals surface area contributed by atoms with Crippen molar-refractivity contribution in [2.24, 2.45) is 17.8 Å². The summed E-state index contributed by atoms with van der Waals surface area (Å²) in [6, 6.07) is 0. The summed E-state index contributed by atoms with van der Waals surface area (Å²) in [6.45, 7) is 9.56. The number of hydrogen-bond acceptors (Lipinski definition) is 1. The first-order valence-electron chi connectivity index (χ1n) is 6.54. The molecule has 0 aliphatic carbocycles. The summed E-state index contributed by atoms with van der Waals surface area (Å²) in [6.07, 6.45) is 6.94. The van der Waals surface area contributed by atoms with Crippen LogP contribution in [0.25, 0.3) is 0 Å². The summed E-state index contributed by atoms with van der Waals surface area (Å²) < 4.78 is 0. The fourth-order valence-electron chi connectivity index (χ4n) is 3.14. The second-order valence-corrected chi connectivity index (χ2v) is 4.78. The zero-order valence-corrected chi connectivity index (χ0v) is 10.2. The highest BCUT2D eigenvalue weighted by atomic mass is 14.9. The van der Waals surface area contributed by atoms with Gasteiger partial charge in [-0.1, -0.05) is 40.0 Å². The monoisotopic (exact) mass is 197 g/mol. The molecule has 1 N–H and O–H groups in total. The van der Waals surface area contributed by atoms with Crippen molar-refractivity contribution in [3.8, 4) is 0 Å². The second kappa shape index (κ2) is 6.44. The molecule has 1 rings (SSSR count). The summed E-state index contributed by atoms with van der Waals surface area (Å²) in [7, 11) is 0. The van der Waals surface area contributed by atoms with Crippen LogP contribution in [0.3, 0.4) is 0 Å². The molecule has 0 radical (unpaired) electrons. The molecule has 1 fully saturated rings. The smallest absolute Gasteiger partial charge is 0.00178 e. The van der Waals surface area contributed by atoms with Gasteiger partial charge in [0.1, 0.15) is 0 Å². The zero-order chi connectivity index (χ0) is 10.4. The number of nitrogens with one attached hydrogen (secondary N) is 1. The van der Waals surface area contributed by atoms with Gasteiger partial charge in [0.2, 0.25) is 0 Å². The summed E-state index contributed by atoms with van der Waals surface area (Å²) in [5.74, 6) is 2.94. The van der Waals surface area contributed by atoms with E-state index in [2.05, 4.69) is 26.1 Å². The standard InChI is InChI=1S/C13H27N/c1-4-7-12-10-14-9-8-13(12)11(5-2)6-3/h11-14H,4-10H2,1-3H3. The second-order valence-electron chi connectivity index (χ2n) is 4.78. The van der Waals surface area contributed by atoms with E-state index in [-0.39, 0.29) is 0 Å². The highest BCUT2D eigenvalue weighted by molar-refractivity contribution is 4.81. The van der Waals surface area contributed by atoms with E-state index >= 15 is 0 Å². The Balaban J connectivity index is 2.51. The molecular formula is C13H27N. The third kappa shape index (κ3) is 2.98. The van der Waals surface area contributed by atoms with E-state index in [1.165, 1.54) is 45.2 Å². The lowest BCUT2D eigenvalue weighted by Gasteiger charge is -2.37. The average Bonchev–Trinajstić information content (AvgIpc) is 2.23. The number of piperidine rings is 1. The maximum atomic E-state index is 3.55. The van der Waals surface area contributed by atoms with Gasteiger partial charge >= 0.3 is 0 Å². The Morgan fingerprint density at radius 1 is 1.21 bits per heavy atom. The molecule has 0 bridgehead atoms. The molecule has 0 amide bonds. The minimum absolute atomic E-state index is 0.957. The molecule has 84 valence electrons. The fraction of sp³-hybridized carbons (Fsp3) is 1.00. The summed E-state index contributed by atoms with van der Waals surface area (Å²) >= 11 is 0. The molecule has 1 aliphatic rings. The van der Waals surface area contributed by atoms with Crippen LogP contribution >= 0.6 is 0 Å². The molecule has 2 atom stereocenters. The van der Waals surface area contributed by atoms with Crippen LogP contribution in [-0.2, 0) is 0 Å². The molecule has 0 saturated carbocycles. The molecule has 14 heavy (non-hydrogen) atoms. The van der Waals surface area contributed by atoms with Gasteiger partial charge in [-0.3, -0.25) is 0 Å². The molecule has 1 heterocycles. The van der Waals surface area contributed by atoms with Gasteiger partial charge in [-0.2, -0.15) is 0 Å². The molecular weight excluding hydrogens is 170 g/mol. The van der Waals surface area contributed by atoms with Crippen molar-refractivity contribution in [1.29, 1.82) is 0 Å². The molecule has 1 heteroatoms. The predicted octanol–water partition coefficient (Wildman–Crippen LogP) is 3.45. The molecule has 1 saturated heterocycles. The van der Waals surface area contributed by atoms with Gasteiger partial charge in [0.05, 0.1) is 0 Å². The summed E-state index contributed by atoms with van der Waals surface area (Å²) in [5, 5.41) is 3.55. The van der Waals surface area contributed by atoms with Crippen LogP contribution in [0.1, 0.15) is 52.9 Å². The molecule has 1 nitrogen and oxygen atoms in total. The van der Waals surface area contributed by atoms with Crippen molar-refractivity contribution >= 4 is 0 Å². The van der Waals surface area contributed by atoms with E-state index in [4.69, 9.17) is 0 Å². The Bertz CT molecular complexity index is 138. The van der Waals surface area contributed by atoms with Crippen LogP contribution in [0.4, 0.5) is 0 Å². The van der Waals surface area contributed by atoms with Crippen molar-refractivity contribution in [3.63, 3.8) is 0 Å². The minimum Gasteiger partial charge on any atom is -0.316 e. The minimum atomic E-state index is 0.957. The number of hydrogen-bond donors (Lipinski definition) is 1. The van der Waals surface area contributed by atoms with Gasteiger partial charge < -0.3 is 5.32 Å². The lowest BCUT2D eigenvalue weighted by molar-refractivity contribution is 0.156. The van der Waals surface area contributed by atoms with Gasteiger partial charge in [-0.25, -0.2) is 0 Å². The first kappa shape index (κ1) is 12.0. The molecule has 0 aromatic rings. The van der Waals surface area contributed by atoms with Gasteiger partial charge in [0, 0.05) is 0 Å². The molecule has 1 aliphatic heterocycles. The fourth-order valence-corrected chi connectivity index (χ4v) is 3.14. The highest BCUT2D eigenvalue weighted by Crippen LogP contribution is 2.33. The van der Waals surface area contributed by atoms with Gasteiger partial charge in [0.25, 0.3) is 0 Å². The summed E-state index contributed by atoms with van der Waals surface area (Å²) in [4.78, 5) is 0. The lowest BCUT2D eigenvalue weighted by atomic mass is 9.73. The number of rotatable bonds is 5. The third-order valence-corrected chi connectivity index (χ3v) is 3.98. The Kier molecular flexibility index (Phi) is 5.54. The van der Waals surface area contributed by atoms with E-state index in [9.17, 15) is 0 Å². The van der Waals surface area contributed by atoms with E-state index < -0.39 is 0 Å². The Morgan fingerprint density at radius 3 is 2.50 bits per heavy atom. The van der Waals surface area contributed by atoms with Crippen molar-refractivity contribution in [2.75, 3.05) is 13.1 Å². The summed E-state index contributed by atoms with van der Waals surface area (Å²) in [5.41, 5.74) is 0. The predicted molar refractivity (Wildman–Crippen MR) is 63.4 cm³/mol. The lowest BCUT2D eigenvalue weighted by Crippen LogP contribution is -2.39. The highest BCUT2D eigenvalue weighted by Gasteiger charge is 2.28. The van der Waals surface area contributed by atoms with E-state index in [1.807, 2.05) is 0 Å². The molecule has 0 aromatic heterocycles. The SMILES string of the molecule is CCCC1CNCCC1C(CC)CC. The Hall–Kier alpha value is -0.0400. The largest absolute Gasteiger partial charge is 0.316 e. The average molecular weight is 197 g/mol. The van der Waals surface area contributed by atoms with Crippen molar-refractivity contribution in [2.45, 2.75) is 52.9 Å². The van der Waals surface area contributed by atoms with Crippen LogP contribution in [0.2, 0.25) is 0 Å². The maximum Gasteiger partial charge on any atom is -0.00178 e. The first-order valence-corrected chi connectivity index (χ1v) is 6.54. The van der Waals surface area contributed by atoms with Crippen LogP contribution in [0, 0.1) is 17.8 Å². The van der Waals surface area contributed by atoms with Crippen LogP contribution in [0.5, 0.6) is 0 Å². The topological polar surface area (TPSA) is 12.0 Å². The van der Waals surface area contributed by atoms with Crippen molar-refractivity contribution < 1.29 is 0 Å². The zero-order valence-electron chi connectivity index (χ0n) is 10.2. The van der Waals surface area contributed by atoms with E-state index in [0.29, 0.717) is 0 Å². The van der Waals surface area contributed by atoms with Gasteiger partial charge in [-0.15, -0.1) is 0 Å². The van der Waals surface area contributed by atoms with Gasteiger partial charge in [0.15, 0.2) is 0 Å². The normalized spacial score (nSPS) is 28.3. The van der Waals surface area contributed by atoms with Crippen LogP contribution in [0.15, 0.2) is 0 Å². The van der Waals surface area contributed by atoms with Crippen LogP contribution < -0.4 is 5.32 Å². The quantitative estimate of drug-likeness (QED) is 0.712. The maximum absolute atomic E-state index is 3.55. The van der Waals surface area contributed by atoms with Crippen molar-refractivity contribution in [1.82, 2.24) is 5.32 Å².